The molecule has 60 heavy (non-hydrogen) atoms. The summed E-state index contributed by atoms with van der Waals surface area (Å²) in [5.41, 5.74) is 17.3. The van der Waals surface area contributed by atoms with Crippen LogP contribution >= 0.6 is 0 Å². The lowest BCUT2D eigenvalue weighted by Crippen LogP contribution is -2.11. The second-order valence-corrected chi connectivity index (χ2v) is 16.5. The van der Waals surface area contributed by atoms with Crippen molar-refractivity contribution in [3.63, 3.8) is 0 Å². The summed E-state index contributed by atoms with van der Waals surface area (Å²) in [5, 5.41) is 8.87. The predicted octanol–water partition coefficient (Wildman–Crippen LogP) is 16.6. The number of fused-ring (bicyclic) bond motifs is 11. The zero-order valence-electron chi connectivity index (χ0n) is 34.7. The first kappa shape index (κ1) is 35.8. The van der Waals surface area contributed by atoms with Crippen LogP contribution in [0.3, 0.4) is 0 Å². The quantitative estimate of drug-likeness (QED) is 0.168. The van der Waals surface area contributed by atoms with Crippen molar-refractivity contribution in [3.8, 4) is 0 Å². The first-order valence-corrected chi connectivity index (χ1v) is 20.7. The van der Waals surface area contributed by atoms with Gasteiger partial charge in [-0.25, -0.2) is 0 Å². The fourth-order valence-electron chi connectivity index (χ4n) is 9.15. The summed E-state index contributed by atoms with van der Waals surface area (Å²) in [4.78, 5) is 4.74. The van der Waals surface area contributed by atoms with Crippen LogP contribution in [0.2, 0.25) is 0 Å². The van der Waals surface area contributed by atoms with E-state index in [1.807, 2.05) is 0 Å². The fraction of sp³-hybridized carbons (Fsp3) is 0.107. The minimum Gasteiger partial charge on any atom is -0.456 e. The summed E-state index contributed by atoms with van der Waals surface area (Å²) in [5.74, 6) is 0. The van der Waals surface area contributed by atoms with Gasteiger partial charge in [-0.2, -0.15) is 0 Å². The highest BCUT2D eigenvalue weighted by molar-refractivity contribution is 6.35. The molecule has 0 saturated carbocycles. The van der Waals surface area contributed by atoms with Crippen molar-refractivity contribution in [2.75, 3.05) is 9.80 Å². The molecule has 0 saturated heterocycles. The van der Waals surface area contributed by atoms with E-state index in [1.165, 1.54) is 33.4 Å². The lowest BCUT2D eigenvalue weighted by molar-refractivity contribution is 0.663. The van der Waals surface area contributed by atoms with Crippen molar-refractivity contribution < 1.29 is 8.83 Å². The molecule has 9 aromatic carbocycles. The molecule has 0 unspecified atom stereocenters. The van der Waals surface area contributed by atoms with E-state index < -0.39 is 0 Å². The molecular formula is C56H44N2O2. The molecule has 11 aromatic rings. The van der Waals surface area contributed by atoms with E-state index in [-0.39, 0.29) is 0 Å². The van der Waals surface area contributed by atoms with E-state index in [4.69, 9.17) is 8.83 Å². The number of hydrogen-bond donors (Lipinski definition) is 0. The second-order valence-electron chi connectivity index (χ2n) is 16.5. The smallest absolute Gasteiger partial charge is 0.138 e. The summed E-state index contributed by atoms with van der Waals surface area (Å²) in [6, 6.07) is 57.2. The van der Waals surface area contributed by atoms with Crippen molar-refractivity contribution >= 4 is 99.5 Å². The van der Waals surface area contributed by atoms with Crippen LogP contribution in [0.15, 0.2) is 167 Å². The van der Waals surface area contributed by atoms with Crippen molar-refractivity contribution in [1.29, 1.82) is 0 Å². The van der Waals surface area contributed by atoms with E-state index in [9.17, 15) is 0 Å². The van der Waals surface area contributed by atoms with Crippen LogP contribution in [0.1, 0.15) is 33.4 Å². The summed E-state index contributed by atoms with van der Waals surface area (Å²) >= 11 is 0. The molecule has 11 rings (SSSR count). The van der Waals surface area contributed by atoms with Crippen LogP contribution in [-0.2, 0) is 0 Å². The largest absolute Gasteiger partial charge is 0.456 e. The van der Waals surface area contributed by atoms with Crippen LogP contribution in [-0.4, -0.2) is 0 Å². The summed E-state index contributed by atoms with van der Waals surface area (Å²) in [7, 11) is 0. The molecular weight excluding hydrogens is 733 g/mol. The van der Waals surface area contributed by atoms with E-state index in [0.29, 0.717) is 0 Å². The van der Waals surface area contributed by atoms with Gasteiger partial charge in [0, 0.05) is 67.2 Å². The Morgan fingerprint density at radius 2 is 0.667 bits per heavy atom. The van der Waals surface area contributed by atoms with Gasteiger partial charge in [0.2, 0.25) is 0 Å². The number of rotatable bonds is 6. The summed E-state index contributed by atoms with van der Waals surface area (Å²) < 4.78 is 13.9. The van der Waals surface area contributed by atoms with E-state index in [2.05, 4.69) is 209 Å². The average molecular weight is 777 g/mol. The molecule has 0 amide bonds. The third-order valence-electron chi connectivity index (χ3n) is 12.6. The van der Waals surface area contributed by atoms with E-state index in [1.54, 1.807) is 0 Å². The Labute approximate surface area is 349 Å². The molecule has 0 atom stereocenters. The van der Waals surface area contributed by atoms with Gasteiger partial charge in [-0.3, -0.25) is 0 Å². The Hall–Kier alpha value is -7.30. The maximum atomic E-state index is 6.96. The Bertz CT molecular complexity index is 3260. The first-order valence-electron chi connectivity index (χ1n) is 20.7. The standard InChI is InChI=1S/C56H44N2O2/c1-33-15-21-39(22-16-33)57(41-25-19-35(3)37(5)29-41)47-31-51-53(45-13-9-7-11-43(45)47)55-49(59-51)27-28-50-56(55)54-46-14-10-8-12-44(46)48(32-52(54)60-50)58(40-23-17-34(2)18-24-40)42-26-20-36(4)38(6)30-42/h7-32H,1-6H3. The predicted molar refractivity (Wildman–Crippen MR) is 254 cm³/mol. The molecule has 0 fully saturated rings. The summed E-state index contributed by atoms with van der Waals surface area (Å²) in [6.07, 6.45) is 0. The lowest BCUT2D eigenvalue weighted by atomic mass is 9.96. The van der Waals surface area contributed by atoms with Gasteiger partial charge in [-0.15, -0.1) is 0 Å². The van der Waals surface area contributed by atoms with Crippen LogP contribution in [0, 0.1) is 41.5 Å². The van der Waals surface area contributed by atoms with Gasteiger partial charge in [0.25, 0.3) is 0 Å². The number of aryl methyl sites for hydroxylation is 6. The molecule has 290 valence electrons. The SMILES string of the molecule is Cc1ccc(N(c2ccc(C)c(C)c2)c2cc3oc4ccc5oc6cc(N(c7ccc(C)cc7)c7ccc(C)c(C)c7)c7ccccc7c6c5c4c3c3ccccc23)cc1. The van der Waals surface area contributed by atoms with E-state index in [0.717, 1.165) is 99.5 Å². The zero-order valence-corrected chi connectivity index (χ0v) is 34.7. The second kappa shape index (κ2) is 13.6. The highest BCUT2D eigenvalue weighted by Crippen LogP contribution is 2.50. The average Bonchev–Trinajstić information content (AvgIpc) is 3.83. The maximum absolute atomic E-state index is 6.96. The van der Waals surface area contributed by atoms with Gasteiger partial charge in [0.05, 0.1) is 11.4 Å². The molecule has 0 radical (unpaired) electrons. The third-order valence-corrected chi connectivity index (χ3v) is 12.6. The Morgan fingerprint density at radius 1 is 0.300 bits per heavy atom. The molecule has 0 bridgehead atoms. The van der Waals surface area contributed by atoms with Crippen molar-refractivity contribution in [2.24, 2.45) is 0 Å². The molecule has 4 nitrogen and oxygen atoms in total. The van der Waals surface area contributed by atoms with E-state index >= 15 is 0 Å². The summed E-state index contributed by atoms with van der Waals surface area (Å²) in [6.45, 7) is 13.0. The molecule has 0 N–H and O–H groups in total. The number of furan rings is 2. The highest BCUT2D eigenvalue weighted by atomic mass is 16.3. The van der Waals surface area contributed by atoms with Crippen LogP contribution in [0.4, 0.5) is 34.1 Å². The Morgan fingerprint density at radius 3 is 1.05 bits per heavy atom. The fourth-order valence-corrected chi connectivity index (χ4v) is 9.15. The molecule has 0 spiro atoms. The Kier molecular flexibility index (Phi) is 8.15. The highest BCUT2D eigenvalue weighted by Gasteiger charge is 2.26. The molecule has 0 aliphatic rings. The lowest BCUT2D eigenvalue weighted by Gasteiger charge is -2.28. The molecule has 4 heteroatoms. The first-order chi connectivity index (χ1) is 29.2. The maximum Gasteiger partial charge on any atom is 0.138 e. The van der Waals surface area contributed by atoms with Crippen molar-refractivity contribution in [2.45, 2.75) is 41.5 Å². The number of nitrogens with zero attached hydrogens (tertiary/aromatic N) is 2. The topological polar surface area (TPSA) is 32.8 Å². The molecule has 2 heterocycles. The van der Waals surface area contributed by atoms with Crippen molar-refractivity contribution in [1.82, 2.24) is 0 Å². The van der Waals surface area contributed by atoms with Gasteiger partial charge in [0.1, 0.15) is 22.3 Å². The minimum absolute atomic E-state index is 0.833. The van der Waals surface area contributed by atoms with Gasteiger partial charge in [-0.05, 0) is 135 Å². The van der Waals surface area contributed by atoms with Crippen LogP contribution in [0.25, 0.3) is 65.4 Å². The zero-order chi connectivity index (χ0) is 40.8. The third kappa shape index (κ3) is 5.59. The van der Waals surface area contributed by atoms with Gasteiger partial charge in [-0.1, -0.05) is 96.1 Å². The van der Waals surface area contributed by atoms with Crippen LogP contribution < -0.4 is 9.80 Å². The molecule has 2 aromatic heterocycles. The number of anilines is 6. The van der Waals surface area contributed by atoms with Gasteiger partial charge < -0.3 is 18.6 Å². The normalized spacial score (nSPS) is 11.8. The number of benzene rings is 9. The Balaban J connectivity index is 1.21. The van der Waals surface area contributed by atoms with Gasteiger partial charge >= 0.3 is 0 Å². The minimum atomic E-state index is 0.833. The van der Waals surface area contributed by atoms with Crippen LogP contribution in [0.5, 0.6) is 0 Å². The molecule has 0 aliphatic carbocycles. The van der Waals surface area contributed by atoms with Gasteiger partial charge in [0.15, 0.2) is 0 Å². The number of hydrogen-bond acceptors (Lipinski definition) is 4. The van der Waals surface area contributed by atoms with Crippen molar-refractivity contribution in [3.05, 3.63) is 191 Å². The monoisotopic (exact) mass is 776 g/mol. The molecule has 0 aliphatic heterocycles.